The summed E-state index contributed by atoms with van der Waals surface area (Å²) in [4.78, 5) is 11.6. The van der Waals surface area contributed by atoms with E-state index in [1.807, 2.05) is 54.6 Å². The summed E-state index contributed by atoms with van der Waals surface area (Å²) in [6.45, 7) is 0. The fourth-order valence-corrected chi connectivity index (χ4v) is 4.49. The van der Waals surface area contributed by atoms with E-state index in [-0.39, 0.29) is 10.6 Å². The Morgan fingerprint density at radius 1 is 0.679 bits per heavy atom. The molecule has 0 spiro atoms. The SMILES string of the molecule is O=[N+]([O-])c1ccc2ccccc2c1-c1cc2c3ccccc3c3cccc1n32. The van der Waals surface area contributed by atoms with Crippen molar-refractivity contribution in [1.29, 1.82) is 0 Å². The second kappa shape index (κ2) is 5.30. The molecule has 0 atom stereocenters. The van der Waals surface area contributed by atoms with Crippen molar-refractivity contribution in [3.8, 4) is 11.1 Å². The van der Waals surface area contributed by atoms with Gasteiger partial charge in [0, 0.05) is 22.4 Å². The number of hydrogen-bond donors (Lipinski definition) is 0. The Bertz CT molecular complexity index is 1550. The number of nitro benzene ring substituents is 1. The molecule has 4 nitrogen and oxygen atoms in total. The topological polar surface area (TPSA) is 47.5 Å². The predicted molar refractivity (Wildman–Crippen MR) is 113 cm³/mol. The lowest BCUT2D eigenvalue weighted by molar-refractivity contribution is -0.384. The number of fused-ring (bicyclic) bond motifs is 4. The molecule has 0 saturated heterocycles. The van der Waals surface area contributed by atoms with Gasteiger partial charge in [0.1, 0.15) is 0 Å². The van der Waals surface area contributed by atoms with Crippen LogP contribution in [-0.2, 0) is 0 Å². The van der Waals surface area contributed by atoms with Gasteiger partial charge in [-0.05, 0) is 35.0 Å². The van der Waals surface area contributed by atoms with Gasteiger partial charge in [0.05, 0.1) is 27.0 Å². The average molecular weight is 362 g/mol. The molecule has 0 saturated carbocycles. The van der Waals surface area contributed by atoms with Crippen LogP contribution in [0.4, 0.5) is 5.69 Å². The van der Waals surface area contributed by atoms with E-state index in [0.29, 0.717) is 5.56 Å². The molecule has 0 unspecified atom stereocenters. The summed E-state index contributed by atoms with van der Waals surface area (Å²) >= 11 is 0. The highest BCUT2D eigenvalue weighted by atomic mass is 16.6. The Hall–Kier alpha value is -3.92. The first-order valence-electron chi connectivity index (χ1n) is 9.15. The van der Waals surface area contributed by atoms with Gasteiger partial charge in [-0.15, -0.1) is 0 Å². The van der Waals surface area contributed by atoms with Crippen LogP contribution in [0.15, 0.2) is 84.9 Å². The lowest BCUT2D eigenvalue weighted by Gasteiger charge is -2.08. The molecule has 3 heterocycles. The third-order valence-electron chi connectivity index (χ3n) is 5.64. The minimum atomic E-state index is -0.283. The zero-order valence-corrected chi connectivity index (χ0v) is 14.8. The smallest absolute Gasteiger partial charge is 0.277 e. The van der Waals surface area contributed by atoms with Gasteiger partial charge >= 0.3 is 0 Å². The average Bonchev–Trinajstić information content (AvgIpc) is 3.27. The van der Waals surface area contributed by atoms with E-state index in [1.165, 1.54) is 5.39 Å². The Labute approximate surface area is 159 Å². The monoisotopic (exact) mass is 362 g/mol. The van der Waals surface area contributed by atoms with Crippen molar-refractivity contribution in [2.75, 3.05) is 0 Å². The predicted octanol–water partition coefficient (Wildman–Crippen LogP) is 6.41. The molecule has 132 valence electrons. The van der Waals surface area contributed by atoms with Gasteiger partial charge in [-0.25, -0.2) is 0 Å². The van der Waals surface area contributed by atoms with Crippen LogP contribution < -0.4 is 0 Å². The normalized spacial score (nSPS) is 11.9. The summed E-state index contributed by atoms with van der Waals surface area (Å²) in [7, 11) is 0. The Morgan fingerprint density at radius 2 is 1.36 bits per heavy atom. The number of nitrogens with zero attached hydrogens (tertiary/aromatic N) is 2. The number of rotatable bonds is 2. The number of benzene rings is 3. The number of hydrogen-bond acceptors (Lipinski definition) is 2. The lowest BCUT2D eigenvalue weighted by atomic mass is 9.96. The van der Waals surface area contributed by atoms with Crippen LogP contribution >= 0.6 is 0 Å². The molecule has 0 radical (unpaired) electrons. The third-order valence-corrected chi connectivity index (χ3v) is 5.64. The van der Waals surface area contributed by atoms with Crippen LogP contribution in [0.3, 0.4) is 0 Å². The molecule has 0 amide bonds. The Kier molecular flexibility index (Phi) is 2.87. The zero-order chi connectivity index (χ0) is 18.8. The van der Waals surface area contributed by atoms with E-state index in [4.69, 9.17) is 0 Å². The molecule has 0 fully saturated rings. The maximum Gasteiger partial charge on any atom is 0.277 e. The fraction of sp³-hybridized carbons (Fsp3) is 0. The molecule has 3 aromatic carbocycles. The highest BCUT2D eigenvalue weighted by Crippen LogP contribution is 2.43. The fourth-order valence-electron chi connectivity index (χ4n) is 4.49. The highest BCUT2D eigenvalue weighted by Gasteiger charge is 2.23. The molecule has 6 aromatic rings. The van der Waals surface area contributed by atoms with Crippen molar-refractivity contribution >= 4 is 43.8 Å². The molecule has 6 rings (SSSR count). The van der Waals surface area contributed by atoms with Crippen LogP contribution in [0.2, 0.25) is 0 Å². The van der Waals surface area contributed by atoms with Crippen LogP contribution in [0.25, 0.3) is 49.2 Å². The van der Waals surface area contributed by atoms with Gasteiger partial charge < -0.3 is 4.40 Å². The minimum absolute atomic E-state index is 0.136. The highest BCUT2D eigenvalue weighted by molar-refractivity contribution is 6.15. The third kappa shape index (κ3) is 1.84. The van der Waals surface area contributed by atoms with Crippen molar-refractivity contribution < 1.29 is 4.92 Å². The summed E-state index contributed by atoms with van der Waals surface area (Å²) in [6.07, 6.45) is 0. The second-order valence-corrected chi connectivity index (χ2v) is 7.06. The van der Waals surface area contributed by atoms with Crippen LogP contribution in [0.1, 0.15) is 0 Å². The lowest BCUT2D eigenvalue weighted by Crippen LogP contribution is -1.93. The second-order valence-electron chi connectivity index (χ2n) is 7.06. The van der Waals surface area contributed by atoms with Crippen LogP contribution in [-0.4, -0.2) is 9.32 Å². The zero-order valence-electron chi connectivity index (χ0n) is 14.8. The number of pyridine rings is 1. The maximum atomic E-state index is 11.9. The molecule has 0 aliphatic rings. The first-order valence-corrected chi connectivity index (χ1v) is 9.15. The molecule has 4 heteroatoms. The van der Waals surface area contributed by atoms with Crippen molar-refractivity contribution in [1.82, 2.24) is 4.40 Å². The van der Waals surface area contributed by atoms with Crippen LogP contribution in [0, 0.1) is 10.1 Å². The summed E-state index contributed by atoms with van der Waals surface area (Å²) < 4.78 is 2.21. The van der Waals surface area contributed by atoms with E-state index in [0.717, 1.165) is 38.3 Å². The first-order chi connectivity index (χ1) is 13.7. The van der Waals surface area contributed by atoms with E-state index in [1.54, 1.807) is 6.07 Å². The maximum absolute atomic E-state index is 11.9. The summed E-state index contributed by atoms with van der Waals surface area (Å²) in [5.41, 5.74) is 4.91. The van der Waals surface area contributed by atoms with Crippen molar-refractivity contribution in [2.45, 2.75) is 0 Å². The molecule has 0 N–H and O–H groups in total. The van der Waals surface area contributed by atoms with Gasteiger partial charge in [-0.2, -0.15) is 0 Å². The Balaban J connectivity index is 1.84. The molecular formula is C24H14N2O2. The minimum Gasteiger partial charge on any atom is -0.309 e. The summed E-state index contributed by atoms with van der Waals surface area (Å²) in [5, 5.41) is 16.1. The number of aromatic nitrogens is 1. The quantitative estimate of drug-likeness (QED) is 0.264. The molecule has 0 aliphatic heterocycles. The van der Waals surface area contributed by atoms with Crippen molar-refractivity contribution in [2.24, 2.45) is 0 Å². The van der Waals surface area contributed by atoms with Crippen molar-refractivity contribution in [3.05, 3.63) is 95.0 Å². The molecule has 0 aliphatic carbocycles. The summed E-state index contributed by atoms with van der Waals surface area (Å²) in [5.74, 6) is 0. The standard InChI is InChI=1S/C24H14N2O2/c27-26(28)22-13-12-15-6-1-2-7-16(15)24(22)19-14-23-18-9-4-3-8-17(18)20-10-5-11-21(19)25(20)23/h1-14H. The molecule has 3 aromatic heterocycles. The van der Waals surface area contributed by atoms with E-state index in [2.05, 4.69) is 28.7 Å². The number of nitro groups is 1. The van der Waals surface area contributed by atoms with E-state index < -0.39 is 0 Å². The van der Waals surface area contributed by atoms with Gasteiger partial charge in [0.25, 0.3) is 5.69 Å². The van der Waals surface area contributed by atoms with Crippen LogP contribution in [0.5, 0.6) is 0 Å². The van der Waals surface area contributed by atoms with Crippen molar-refractivity contribution in [3.63, 3.8) is 0 Å². The molecule has 0 bridgehead atoms. The van der Waals surface area contributed by atoms with E-state index in [9.17, 15) is 10.1 Å². The Morgan fingerprint density at radius 3 is 2.14 bits per heavy atom. The summed E-state index contributed by atoms with van der Waals surface area (Å²) in [6, 6.07) is 27.9. The largest absolute Gasteiger partial charge is 0.309 e. The first kappa shape index (κ1) is 15.2. The van der Waals surface area contributed by atoms with Gasteiger partial charge in [0.15, 0.2) is 0 Å². The van der Waals surface area contributed by atoms with Gasteiger partial charge in [0.2, 0.25) is 0 Å². The van der Waals surface area contributed by atoms with Gasteiger partial charge in [-0.1, -0.05) is 54.6 Å². The molecule has 28 heavy (non-hydrogen) atoms. The van der Waals surface area contributed by atoms with E-state index >= 15 is 0 Å². The van der Waals surface area contributed by atoms with Gasteiger partial charge in [-0.3, -0.25) is 10.1 Å². The molecular weight excluding hydrogens is 348 g/mol.